The lowest BCUT2D eigenvalue weighted by molar-refractivity contribution is 0.265. The Balaban J connectivity index is 2.01. The van der Waals surface area contributed by atoms with E-state index in [-0.39, 0.29) is 12.1 Å². The lowest BCUT2D eigenvalue weighted by Gasteiger charge is -2.10. The normalized spacial score (nSPS) is 19.7. The molecule has 0 atom stereocenters. The molecule has 2 rings (SSSR count). The SMILES string of the molecule is OCC1(Nc2nn[nH]n2)CC1. The summed E-state index contributed by atoms with van der Waals surface area (Å²) in [4.78, 5) is 0. The quantitative estimate of drug-likeness (QED) is 0.528. The van der Waals surface area contributed by atoms with Crippen LogP contribution in [0.1, 0.15) is 12.8 Å². The molecular weight excluding hydrogens is 146 g/mol. The largest absolute Gasteiger partial charge is 0.394 e. The molecule has 0 radical (unpaired) electrons. The molecule has 1 aromatic rings. The molecule has 0 aromatic carbocycles. The third-order valence-corrected chi connectivity index (χ3v) is 1.88. The number of aromatic amines is 1. The first-order valence-corrected chi connectivity index (χ1v) is 3.47. The van der Waals surface area contributed by atoms with Crippen molar-refractivity contribution >= 4 is 5.95 Å². The first kappa shape index (κ1) is 6.53. The summed E-state index contributed by atoms with van der Waals surface area (Å²) in [5, 5.41) is 25.1. The van der Waals surface area contributed by atoms with Crippen molar-refractivity contribution in [1.82, 2.24) is 20.6 Å². The molecule has 6 nitrogen and oxygen atoms in total. The van der Waals surface area contributed by atoms with Crippen molar-refractivity contribution in [3.05, 3.63) is 0 Å². The molecule has 1 aliphatic carbocycles. The summed E-state index contributed by atoms with van der Waals surface area (Å²) in [5.41, 5.74) is -0.163. The third-order valence-electron chi connectivity index (χ3n) is 1.88. The zero-order chi connectivity index (χ0) is 7.73. The van der Waals surface area contributed by atoms with Gasteiger partial charge in [0.05, 0.1) is 12.1 Å². The van der Waals surface area contributed by atoms with E-state index in [9.17, 15) is 0 Å². The monoisotopic (exact) mass is 155 g/mol. The maximum Gasteiger partial charge on any atom is 0.263 e. The van der Waals surface area contributed by atoms with Crippen LogP contribution < -0.4 is 5.32 Å². The van der Waals surface area contributed by atoms with E-state index in [4.69, 9.17) is 5.11 Å². The second-order valence-electron chi connectivity index (χ2n) is 2.80. The smallest absolute Gasteiger partial charge is 0.263 e. The molecule has 1 saturated carbocycles. The van der Waals surface area contributed by atoms with Gasteiger partial charge in [0.15, 0.2) is 0 Å². The van der Waals surface area contributed by atoms with E-state index in [1.54, 1.807) is 0 Å². The molecule has 1 heterocycles. The maximum absolute atomic E-state index is 8.91. The number of tetrazole rings is 1. The summed E-state index contributed by atoms with van der Waals surface area (Å²) < 4.78 is 0. The minimum Gasteiger partial charge on any atom is -0.394 e. The van der Waals surface area contributed by atoms with Gasteiger partial charge in [-0.05, 0) is 18.1 Å². The van der Waals surface area contributed by atoms with E-state index in [1.807, 2.05) is 0 Å². The van der Waals surface area contributed by atoms with Gasteiger partial charge in [-0.2, -0.15) is 5.21 Å². The molecule has 1 fully saturated rings. The molecule has 1 aromatic heterocycles. The standard InChI is InChI=1S/C5H9N5O/c11-3-5(1-2-5)6-4-7-9-10-8-4/h11H,1-3H2,(H2,6,7,8,9,10). The molecule has 1 aliphatic rings. The van der Waals surface area contributed by atoms with Crippen LogP contribution in [0.3, 0.4) is 0 Å². The Bertz CT molecular complexity index is 229. The lowest BCUT2D eigenvalue weighted by Crippen LogP contribution is -2.26. The van der Waals surface area contributed by atoms with Crippen LogP contribution in [0.2, 0.25) is 0 Å². The Hall–Kier alpha value is -1.17. The molecular formula is C5H9N5O. The molecule has 0 saturated heterocycles. The number of rotatable bonds is 3. The second-order valence-corrected chi connectivity index (χ2v) is 2.80. The summed E-state index contributed by atoms with van der Waals surface area (Å²) >= 11 is 0. The maximum atomic E-state index is 8.91. The average Bonchev–Trinajstić information content (AvgIpc) is 2.59. The van der Waals surface area contributed by atoms with E-state index < -0.39 is 0 Å². The highest BCUT2D eigenvalue weighted by Gasteiger charge is 2.42. The number of hydrogen-bond donors (Lipinski definition) is 3. The molecule has 3 N–H and O–H groups in total. The molecule has 0 unspecified atom stereocenters. The van der Waals surface area contributed by atoms with Crippen molar-refractivity contribution in [3.8, 4) is 0 Å². The summed E-state index contributed by atoms with van der Waals surface area (Å²) in [6.45, 7) is 0.127. The number of nitrogens with zero attached hydrogens (tertiary/aromatic N) is 3. The summed E-state index contributed by atoms with van der Waals surface area (Å²) in [5.74, 6) is 0.455. The second kappa shape index (κ2) is 2.16. The molecule has 6 heteroatoms. The Kier molecular flexibility index (Phi) is 1.28. The van der Waals surface area contributed by atoms with Gasteiger partial charge in [0.25, 0.3) is 5.95 Å². The number of anilines is 1. The van der Waals surface area contributed by atoms with Gasteiger partial charge in [-0.1, -0.05) is 5.10 Å². The van der Waals surface area contributed by atoms with Crippen molar-refractivity contribution in [1.29, 1.82) is 0 Å². The van der Waals surface area contributed by atoms with Gasteiger partial charge in [0, 0.05) is 0 Å². The predicted octanol–water partition coefficient (Wildman–Crippen LogP) is -0.864. The highest BCUT2D eigenvalue weighted by Crippen LogP contribution is 2.37. The van der Waals surface area contributed by atoms with Crippen molar-refractivity contribution in [2.45, 2.75) is 18.4 Å². The van der Waals surface area contributed by atoms with Crippen LogP contribution in [-0.2, 0) is 0 Å². The lowest BCUT2D eigenvalue weighted by atomic mass is 10.3. The van der Waals surface area contributed by atoms with Gasteiger partial charge in [0.2, 0.25) is 0 Å². The highest BCUT2D eigenvalue weighted by atomic mass is 16.3. The van der Waals surface area contributed by atoms with Crippen molar-refractivity contribution in [2.75, 3.05) is 11.9 Å². The fourth-order valence-corrected chi connectivity index (χ4v) is 0.925. The van der Waals surface area contributed by atoms with E-state index >= 15 is 0 Å². The van der Waals surface area contributed by atoms with Crippen LogP contribution in [0, 0.1) is 0 Å². The summed E-state index contributed by atoms with van der Waals surface area (Å²) in [7, 11) is 0. The Labute approximate surface area is 63.0 Å². The fourth-order valence-electron chi connectivity index (χ4n) is 0.925. The van der Waals surface area contributed by atoms with Crippen LogP contribution >= 0.6 is 0 Å². The summed E-state index contributed by atoms with van der Waals surface area (Å²) in [6.07, 6.45) is 1.94. The molecule has 60 valence electrons. The van der Waals surface area contributed by atoms with E-state index in [1.165, 1.54) is 0 Å². The molecule has 11 heavy (non-hydrogen) atoms. The number of nitrogens with one attached hydrogen (secondary N) is 2. The first-order chi connectivity index (χ1) is 5.35. The van der Waals surface area contributed by atoms with Crippen LogP contribution in [0.5, 0.6) is 0 Å². The van der Waals surface area contributed by atoms with Crippen LogP contribution in [0.25, 0.3) is 0 Å². The average molecular weight is 155 g/mol. The van der Waals surface area contributed by atoms with Crippen molar-refractivity contribution in [3.63, 3.8) is 0 Å². The number of H-pyrrole nitrogens is 1. The summed E-state index contributed by atoms with van der Waals surface area (Å²) in [6, 6.07) is 0. The first-order valence-electron chi connectivity index (χ1n) is 3.47. The molecule has 0 aliphatic heterocycles. The van der Waals surface area contributed by atoms with Gasteiger partial charge in [-0.25, -0.2) is 0 Å². The predicted molar refractivity (Wildman–Crippen MR) is 36.9 cm³/mol. The number of aliphatic hydroxyl groups is 1. The minimum absolute atomic E-state index is 0.127. The molecule has 0 bridgehead atoms. The Morgan fingerprint density at radius 1 is 1.64 bits per heavy atom. The van der Waals surface area contributed by atoms with Gasteiger partial charge < -0.3 is 10.4 Å². The Morgan fingerprint density at radius 2 is 2.45 bits per heavy atom. The zero-order valence-electron chi connectivity index (χ0n) is 5.91. The minimum atomic E-state index is -0.163. The third kappa shape index (κ3) is 1.16. The number of aliphatic hydroxyl groups excluding tert-OH is 1. The molecule has 0 amide bonds. The van der Waals surface area contributed by atoms with Gasteiger partial charge >= 0.3 is 0 Å². The number of hydrogen-bond acceptors (Lipinski definition) is 5. The fraction of sp³-hybridized carbons (Fsp3) is 0.800. The zero-order valence-corrected chi connectivity index (χ0v) is 5.91. The highest BCUT2D eigenvalue weighted by molar-refractivity contribution is 5.30. The van der Waals surface area contributed by atoms with Gasteiger partial charge in [0.1, 0.15) is 0 Å². The van der Waals surface area contributed by atoms with Crippen molar-refractivity contribution in [2.24, 2.45) is 0 Å². The van der Waals surface area contributed by atoms with Crippen LogP contribution in [0.15, 0.2) is 0 Å². The van der Waals surface area contributed by atoms with E-state index in [2.05, 4.69) is 25.9 Å². The van der Waals surface area contributed by atoms with Gasteiger partial charge in [-0.15, -0.1) is 5.10 Å². The van der Waals surface area contributed by atoms with E-state index in [0.717, 1.165) is 12.8 Å². The topological polar surface area (TPSA) is 86.7 Å². The van der Waals surface area contributed by atoms with Gasteiger partial charge in [-0.3, -0.25) is 0 Å². The van der Waals surface area contributed by atoms with Crippen molar-refractivity contribution < 1.29 is 5.11 Å². The van der Waals surface area contributed by atoms with Crippen LogP contribution in [0.4, 0.5) is 5.95 Å². The molecule has 0 spiro atoms. The number of aromatic nitrogens is 4. The van der Waals surface area contributed by atoms with Crippen LogP contribution in [-0.4, -0.2) is 37.9 Å². The van der Waals surface area contributed by atoms with E-state index in [0.29, 0.717) is 5.95 Å². The Morgan fingerprint density at radius 3 is 2.91 bits per heavy atom.